The maximum absolute atomic E-state index is 13.3. The molecule has 1 saturated carbocycles. The summed E-state index contributed by atoms with van der Waals surface area (Å²) in [7, 11) is 1.60. The molecule has 4 rings (SSSR count). The van der Waals surface area contributed by atoms with Gasteiger partial charge in [-0.3, -0.25) is 9.59 Å². The molecule has 1 saturated heterocycles. The Labute approximate surface area is 163 Å². The zero-order valence-corrected chi connectivity index (χ0v) is 16.3. The summed E-state index contributed by atoms with van der Waals surface area (Å²) in [5.41, 5.74) is 1.00. The van der Waals surface area contributed by atoms with Crippen molar-refractivity contribution in [2.45, 2.75) is 43.9 Å². The van der Waals surface area contributed by atoms with Crippen molar-refractivity contribution in [3.8, 4) is 5.75 Å². The van der Waals surface area contributed by atoms with Crippen molar-refractivity contribution in [2.75, 3.05) is 23.9 Å². The van der Waals surface area contributed by atoms with Crippen LogP contribution in [0.5, 0.6) is 5.75 Å². The van der Waals surface area contributed by atoms with Gasteiger partial charge in [-0.25, -0.2) is 0 Å². The number of hydrogen-bond donors (Lipinski definition) is 1. The van der Waals surface area contributed by atoms with E-state index in [1.54, 1.807) is 23.3 Å². The van der Waals surface area contributed by atoms with E-state index in [9.17, 15) is 9.59 Å². The Morgan fingerprint density at radius 2 is 2.04 bits per heavy atom. The van der Waals surface area contributed by atoms with Gasteiger partial charge in [0.15, 0.2) is 0 Å². The molecule has 0 atom stereocenters. The second-order valence-electron chi connectivity index (χ2n) is 7.26. The molecule has 0 radical (unpaired) electrons. The number of methoxy groups -OCH3 is 1. The molecule has 1 aromatic heterocycles. The molecule has 0 bridgehead atoms. The lowest BCUT2D eigenvalue weighted by Gasteiger charge is -2.27. The highest BCUT2D eigenvalue weighted by atomic mass is 32.1. The van der Waals surface area contributed by atoms with Crippen LogP contribution in [0.15, 0.2) is 35.7 Å². The van der Waals surface area contributed by atoms with E-state index in [1.165, 1.54) is 0 Å². The molecule has 6 heteroatoms. The number of nitrogens with one attached hydrogen (secondary N) is 1. The summed E-state index contributed by atoms with van der Waals surface area (Å²) in [5.74, 6) is 0.797. The van der Waals surface area contributed by atoms with Gasteiger partial charge in [-0.2, -0.15) is 0 Å². The average Bonchev–Trinajstić information content (AvgIpc) is 3.43. The largest absolute Gasteiger partial charge is 0.495 e. The highest BCUT2D eigenvalue weighted by molar-refractivity contribution is 7.10. The van der Waals surface area contributed by atoms with Crippen LogP contribution >= 0.6 is 11.3 Å². The van der Waals surface area contributed by atoms with Gasteiger partial charge in [0.2, 0.25) is 11.8 Å². The molecule has 1 aromatic carbocycles. The summed E-state index contributed by atoms with van der Waals surface area (Å²) in [6.07, 6.45) is 5.31. The molecule has 0 unspecified atom stereocenters. The fraction of sp³-hybridized carbons (Fsp3) is 0.429. The van der Waals surface area contributed by atoms with E-state index < -0.39 is 5.41 Å². The Balaban J connectivity index is 1.62. The molecule has 2 aliphatic rings. The maximum atomic E-state index is 13.3. The van der Waals surface area contributed by atoms with Gasteiger partial charge in [-0.05, 0) is 48.9 Å². The van der Waals surface area contributed by atoms with Crippen LogP contribution in [0.25, 0.3) is 0 Å². The predicted octanol–water partition coefficient (Wildman–Crippen LogP) is 4.33. The number of anilines is 2. The van der Waals surface area contributed by atoms with E-state index in [0.717, 1.165) is 42.7 Å². The highest BCUT2D eigenvalue weighted by Gasteiger charge is 2.43. The fourth-order valence-electron chi connectivity index (χ4n) is 4.25. The molecule has 5 nitrogen and oxygen atoms in total. The summed E-state index contributed by atoms with van der Waals surface area (Å²) in [5, 5.41) is 5.15. The molecule has 1 N–H and O–H groups in total. The number of amides is 2. The number of rotatable bonds is 5. The van der Waals surface area contributed by atoms with Crippen LogP contribution in [-0.2, 0) is 15.0 Å². The third-order valence-electron chi connectivity index (χ3n) is 5.69. The van der Waals surface area contributed by atoms with E-state index >= 15 is 0 Å². The normalized spacial score (nSPS) is 18.7. The summed E-state index contributed by atoms with van der Waals surface area (Å²) in [6.45, 7) is 0.686. The molecular weight excluding hydrogens is 360 g/mol. The summed E-state index contributed by atoms with van der Waals surface area (Å²) >= 11 is 1.65. The number of thiophene rings is 1. The first-order valence-corrected chi connectivity index (χ1v) is 10.4. The fourth-order valence-corrected chi connectivity index (χ4v) is 5.23. The van der Waals surface area contributed by atoms with E-state index in [2.05, 4.69) is 11.4 Å². The summed E-state index contributed by atoms with van der Waals surface area (Å²) < 4.78 is 5.44. The quantitative estimate of drug-likeness (QED) is 0.834. The Morgan fingerprint density at radius 1 is 1.22 bits per heavy atom. The topological polar surface area (TPSA) is 58.6 Å². The van der Waals surface area contributed by atoms with Crippen LogP contribution in [-0.4, -0.2) is 25.5 Å². The van der Waals surface area contributed by atoms with Crippen molar-refractivity contribution in [3.63, 3.8) is 0 Å². The Kier molecular flexibility index (Phi) is 4.91. The summed E-state index contributed by atoms with van der Waals surface area (Å²) in [4.78, 5) is 28.3. The lowest BCUT2D eigenvalue weighted by Crippen LogP contribution is -2.37. The van der Waals surface area contributed by atoms with Crippen LogP contribution in [0, 0.1) is 0 Å². The summed E-state index contributed by atoms with van der Waals surface area (Å²) in [6, 6.07) is 9.60. The lowest BCUT2D eigenvalue weighted by atomic mass is 9.83. The Morgan fingerprint density at radius 3 is 2.67 bits per heavy atom. The molecular formula is C21H24N2O3S. The van der Waals surface area contributed by atoms with E-state index in [-0.39, 0.29) is 11.8 Å². The maximum Gasteiger partial charge on any atom is 0.235 e. The van der Waals surface area contributed by atoms with Crippen molar-refractivity contribution in [3.05, 3.63) is 40.6 Å². The van der Waals surface area contributed by atoms with E-state index in [0.29, 0.717) is 24.4 Å². The van der Waals surface area contributed by atoms with Crippen molar-refractivity contribution >= 4 is 34.5 Å². The van der Waals surface area contributed by atoms with Gasteiger partial charge in [0.25, 0.3) is 0 Å². The van der Waals surface area contributed by atoms with Gasteiger partial charge in [0, 0.05) is 23.5 Å². The molecule has 142 valence electrons. The smallest absolute Gasteiger partial charge is 0.235 e. The number of benzene rings is 1. The SMILES string of the molecule is COc1ccc(NC(=O)C2(c3cccs3)CCCC2)cc1N1CCCC1=O. The standard InChI is InChI=1S/C21H24N2O3S/c1-26-17-9-8-15(14-16(17)23-12-4-7-19(23)24)22-20(25)21(10-2-3-11-21)18-6-5-13-27-18/h5-6,8-9,13-14H,2-4,7,10-12H2,1H3,(H,22,25). The molecule has 2 amide bonds. The van der Waals surface area contributed by atoms with E-state index in [1.807, 2.05) is 29.6 Å². The average molecular weight is 385 g/mol. The molecule has 2 heterocycles. The minimum atomic E-state index is -0.433. The van der Waals surface area contributed by atoms with Crippen LogP contribution < -0.4 is 15.0 Å². The molecule has 1 aliphatic carbocycles. The zero-order chi connectivity index (χ0) is 18.9. The van der Waals surface area contributed by atoms with Gasteiger partial charge in [-0.15, -0.1) is 11.3 Å². The molecule has 2 fully saturated rings. The molecule has 0 spiro atoms. The van der Waals surface area contributed by atoms with Gasteiger partial charge < -0.3 is 15.0 Å². The van der Waals surface area contributed by atoms with Crippen molar-refractivity contribution in [1.29, 1.82) is 0 Å². The number of ether oxygens (including phenoxy) is 1. The Hall–Kier alpha value is -2.34. The van der Waals surface area contributed by atoms with Gasteiger partial charge >= 0.3 is 0 Å². The van der Waals surface area contributed by atoms with Gasteiger partial charge in [-0.1, -0.05) is 18.9 Å². The highest BCUT2D eigenvalue weighted by Crippen LogP contribution is 2.44. The number of nitrogens with zero attached hydrogens (tertiary/aromatic N) is 1. The molecule has 2 aromatic rings. The molecule has 1 aliphatic heterocycles. The van der Waals surface area contributed by atoms with Crippen molar-refractivity contribution in [1.82, 2.24) is 0 Å². The first kappa shape index (κ1) is 18.0. The van der Waals surface area contributed by atoms with Gasteiger partial charge in [0.05, 0.1) is 18.2 Å². The van der Waals surface area contributed by atoms with Crippen LogP contribution in [0.1, 0.15) is 43.4 Å². The van der Waals surface area contributed by atoms with Crippen LogP contribution in [0.4, 0.5) is 11.4 Å². The van der Waals surface area contributed by atoms with Crippen molar-refractivity contribution in [2.24, 2.45) is 0 Å². The minimum Gasteiger partial charge on any atom is -0.495 e. The van der Waals surface area contributed by atoms with Crippen molar-refractivity contribution < 1.29 is 14.3 Å². The zero-order valence-electron chi connectivity index (χ0n) is 15.5. The number of carbonyl (C=O) groups is 2. The van der Waals surface area contributed by atoms with E-state index in [4.69, 9.17) is 4.74 Å². The minimum absolute atomic E-state index is 0.0475. The third kappa shape index (κ3) is 3.23. The second kappa shape index (κ2) is 7.35. The van der Waals surface area contributed by atoms with Crippen LogP contribution in [0.3, 0.4) is 0 Å². The second-order valence-corrected chi connectivity index (χ2v) is 8.20. The van der Waals surface area contributed by atoms with Gasteiger partial charge in [0.1, 0.15) is 5.75 Å². The molecule has 27 heavy (non-hydrogen) atoms. The first-order valence-electron chi connectivity index (χ1n) is 9.48. The third-order valence-corrected chi connectivity index (χ3v) is 6.76. The lowest BCUT2D eigenvalue weighted by molar-refractivity contribution is -0.121. The van der Waals surface area contributed by atoms with Crippen LogP contribution in [0.2, 0.25) is 0 Å². The number of hydrogen-bond acceptors (Lipinski definition) is 4. The first-order chi connectivity index (χ1) is 13.1. The predicted molar refractivity (Wildman–Crippen MR) is 108 cm³/mol. The Bertz CT molecular complexity index is 841. The number of carbonyl (C=O) groups excluding carboxylic acids is 2. The monoisotopic (exact) mass is 384 g/mol.